The van der Waals surface area contributed by atoms with Crippen LogP contribution >= 0.6 is 0 Å². The minimum Gasteiger partial charge on any atom is -0.481 e. The molecule has 0 atom stereocenters. The Hall–Kier alpha value is -1.59. The van der Waals surface area contributed by atoms with Crippen molar-refractivity contribution in [1.29, 1.82) is 0 Å². The predicted molar refractivity (Wildman–Crippen MR) is 59.9 cm³/mol. The van der Waals surface area contributed by atoms with Crippen molar-refractivity contribution in [3.8, 4) is 0 Å². The maximum absolute atomic E-state index is 10.3. The molecule has 16 heavy (non-hydrogen) atoms. The first-order valence-corrected chi connectivity index (χ1v) is 4.66. The number of hydrogen-bond acceptors (Lipinski definition) is 3. The van der Waals surface area contributed by atoms with E-state index in [0.717, 1.165) is 6.92 Å². The Morgan fingerprint density at radius 1 is 1.12 bits per heavy atom. The van der Waals surface area contributed by atoms with Gasteiger partial charge in [0.1, 0.15) is 0 Å². The molecular formula is C10H21NO5. The van der Waals surface area contributed by atoms with Crippen LogP contribution in [-0.2, 0) is 14.4 Å². The van der Waals surface area contributed by atoms with Gasteiger partial charge in [0.15, 0.2) is 0 Å². The molecule has 0 spiro atoms. The fourth-order valence-electron chi connectivity index (χ4n) is 0.151. The van der Waals surface area contributed by atoms with Gasteiger partial charge in [0.25, 0.3) is 5.97 Å². The van der Waals surface area contributed by atoms with E-state index in [0.29, 0.717) is 6.42 Å². The summed E-state index contributed by atoms with van der Waals surface area (Å²) in [4.78, 5) is 28.5. The van der Waals surface area contributed by atoms with Crippen LogP contribution in [0.15, 0.2) is 0 Å². The van der Waals surface area contributed by atoms with E-state index >= 15 is 0 Å². The number of hydrogen-bond donors (Lipinski definition) is 3. The average molecular weight is 235 g/mol. The van der Waals surface area contributed by atoms with Crippen LogP contribution in [0, 0.1) is 5.41 Å². The van der Waals surface area contributed by atoms with E-state index in [9.17, 15) is 9.59 Å². The second kappa shape index (κ2) is 9.95. The van der Waals surface area contributed by atoms with E-state index in [2.05, 4.69) is 5.73 Å². The Morgan fingerprint density at radius 2 is 1.31 bits per heavy atom. The highest BCUT2D eigenvalue weighted by atomic mass is 16.4. The zero-order valence-electron chi connectivity index (χ0n) is 10.4. The Kier molecular flexibility index (Phi) is 12.4. The number of carboxylic acid groups (broad SMARTS) is 2. The van der Waals surface area contributed by atoms with Gasteiger partial charge in [0.05, 0.1) is 5.41 Å². The summed E-state index contributed by atoms with van der Waals surface area (Å²) in [5.74, 6) is -1.89. The highest BCUT2D eigenvalue weighted by Crippen LogP contribution is 2.18. The van der Waals surface area contributed by atoms with Gasteiger partial charge in [-0.1, -0.05) is 6.92 Å². The minimum absolute atomic E-state index is 0.333. The number of carbonyl (C=O) groups is 3. The first kappa shape index (κ1) is 19.9. The molecule has 0 aromatic heterocycles. The maximum Gasteiger partial charge on any atom is 0.309 e. The van der Waals surface area contributed by atoms with Crippen LogP contribution in [0.3, 0.4) is 0 Å². The van der Waals surface area contributed by atoms with Crippen LogP contribution in [0.5, 0.6) is 0 Å². The van der Waals surface area contributed by atoms with Crippen molar-refractivity contribution in [1.82, 2.24) is 0 Å². The molecule has 0 rings (SSSR count). The molecule has 0 saturated heterocycles. The Balaban J connectivity index is -0.000000179. The molecule has 6 nitrogen and oxygen atoms in total. The lowest BCUT2D eigenvalue weighted by Crippen LogP contribution is -2.21. The molecule has 0 saturated carbocycles. The lowest BCUT2D eigenvalue weighted by molar-refractivity contribution is -0.147. The first-order chi connectivity index (χ1) is 6.97. The summed E-state index contributed by atoms with van der Waals surface area (Å²) in [6.07, 6.45) is 0.683. The summed E-state index contributed by atoms with van der Waals surface area (Å²) < 4.78 is 0. The molecule has 0 heterocycles. The van der Waals surface area contributed by atoms with E-state index in [1.165, 1.54) is 6.92 Å². The molecule has 0 aromatic carbocycles. The van der Waals surface area contributed by atoms with Gasteiger partial charge in [0, 0.05) is 13.8 Å². The predicted octanol–water partition coefficient (Wildman–Crippen LogP) is 1.09. The van der Waals surface area contributed by atoms with Crippen molar-refractivity contribution in [2.45, 2.75) is 41.0 Å². The third-order valence-electron chi connectivity index (χ3n) is 1.46. The molecule has 1 amide bonds. The Labute approximate surface area is 95.4 Å². The minimum atomic E-state index is -0.833. The van der Waals surface area contributed by atoms with Gasteiger partial charge in [0.2, 0.25) is 5.91 Å². The molecule has 96 valence electrons. The van der Waals surface area contributed by atoms with Gasteiger partial charge < -0.3 is 15.9 Å². The molecule has 0 radical (unpaired) electrons. The monoisotopic (exact) mass is 235 g/mol. The summed E-state index contributed by atoms with van der Waals surface area (Å²) in [6.45, 7) is 7.69. The van der Waals surface area contributed by atoms with Crippen LogP contribution in [0.25, 0.3) is 0 Å². The third kappa shape index (κ3) is 29.4. The molecular weight excluding hydrogens is 214 g/mol. The molecule has 0 aromatic rings. The van der Waals surface area contributed by atoms with Crippen LogP contribution in [0.1, 0.15) is 41.0 Å². The number of aliphatic carboxylic acids is 2. The number of amides is 1. The number of nitrogens with two attached hydrogens (primary N) is 1. The number of carbonyl (C=O) groups excluding carboxylic acids is 1. The topological polar surface area (TPSA) is 118 Å². The highest BCUT2D eigenvalue weighted by molar-refractivity contribution is 5.73. The zero-order valence-corrected chi connectivity index (χ0v) is 10.4. The van der Waals surface area contributed by atoms with Crippen molar-refractivity contribution < 1.29 is 24.6 Å². The van der Waals surface area contributed by atoms with E-state index in [1.54, 1.807) is 13.8 Å². The van der Waals surface area contributed by atoms with Crippen LogP contribution < -0.4 is 5.73 Å². The summed E-state index contributed by atoms with van der Waals surface area (Å²) in [6, 6.07) is 0. The van der Waals surface area contributed by atoms with Gasteiger partial charge in [-0.25, -0.2) is 0 Å². The van der Waals surface area contributed by atoms with Crippen molar-refractivity contribution >= 4 is 17.8 Å². The lowest BCUT2D eigenvalue weighted by Gasteiger charge is -2.14. The Bertz CT molecular complexity index is 215. The van der Waals surface area contributed by atoms with Crippen molar-refractivity contribution in [3.05, 3.63) is 0 Å². The average Bonchev–Trinajstić information content (AvgIpc) is 2.01. The van der Waals surface area contributed by atoms with Gasteiger partial charge in [-0.15, -0.1) is 0 Å². The van der Waals surface area contributed by atoms with Crippen molar-refractivity contribution in [2.75, 3.05) is 0 Å². The van der Waals surface area contributed by atoms with Crippen molar-refractivity contribution in [3.63, 3.8) is 0 Å². The van der Waals surface area contributed by atoms with E-state index in [4.69, 9.17) is 15.0 Å². The molecule has 0 aliphatic carbocycles. The normalized spacial score (nSPS) is 8.81. The smallest absolute Gasteiger partial charge is 0.309 e. The lowest BCUT2D eigenvalue weighted by atomic mass is 9.91. The fraction of sp³-hybridized carbons (Fsp3) is 0.700. The Morgan fingerprint density at radius 3 is 1.31 bits per heavy atom. The molecule has 6 heteroatoms. The van der Waals surface area contributed by atoms with Crippen LogP contribution in [0.2, 0.25) is 0 Å². The molecule has 0 unspecified atom stereocenters. The SMILES string of the molecule is CC(=O)O.CC(N)=O.CCC(C)(C)C(=O)O. The van der Waals surface area contributed by atoms with Gasteiger partial charge in [-0.2, -0.15) is 0 Å². The second-order valence-corrected chi connectivity index (χ2v) is 3.67. The second-order valence-electron chi connectivity index (χ2n) is 3.67. The number of primary amides is 1. The van der Waals surface area contributed by atoms with Gasteiger partial charge >= 0.3 is 5.97 Å². The van der Waals surface area contributed by atoms with E-state index in [-0.39, 0.29) is 5.91 Å². The van der Waals surface area contributed by atoms with Gasteiger partial charge in [-0.3, -0.25) is 14.4 Å². The van der Waals surface area contributed by atoms with E-state index < -0.39 is 17.4 Å². The van der Waals surface area contributed by atoms with E-state index in [1.807, 2.05) is 6.92 Å². The zero-order chi connectivity index (χ0) is 13.9. The summed E-state index contributed by atoms with van der Waals surface area (Å²) in [7, 11) is 0. The summed E-state index contributed by atoms with van der Waals surface area (Å²) in [5.41, 5.74) is 3.93. The molecule has 0 aliphatic rings. The highest BCUT2D eigenvalue weighted by Gasteiger charge is 2.23. The molecule has 4 N–H and O–H groups in total. The van der Waals surface area contributed by atoms with Crippen LogP contribution in [-0.4, -0.2) is 28.1 Å². The summed E-state index contributed by atoms with van der Waals surface area (Å²) in [5, 5.41) is 15.9. The quantitative estimate of drug-likeness (QED) is 0.662. The molecule has 0 aliphatic heterocycles. The van der Waals surface area contributed by atoms with Gasteiger partial charge in [-0.05, 0) is 20.3 Å². The van der Waals surface area contributed by atoms with Crippen LogP contribution in [0.4, 0.5) is 0 Å². The molecule has 0 bridgehead atoms. The standard InChI is InChI=1S/C6H12O2.C2H5NO.C2H4O2/c1-4-6(2,3)5(7)8;2*1-2(3)4/h4H2,1-3H3,(H,7,8);1H3,(H2,3,4);1H3,(H,3,4). The maximum atomic E-state index is 10.3. The first-order valence-electron chi connectivity index (χ1n) is 4.66. The van der Waals surface area contributed by atoms with Crippen molar-refractivity contribution in [2.24, 2.45) is 11.1 Å². The number of carboxylic acids is 2. The molecule has 0 fully saturated rings. The summed E-state index contributed by atoms with van der Waals surface area (Å²) >= 11 is 0. The largest absolute Gasteiger partial charge is 0.481 e. The number of rotatable bonds is 2. The fourth-order valence-corrected chi connectivity index (χ4v) is 0.151. The third-order valence-corrected chi connectivity index (χ3v) is 1.46.